The summed E-state index contributed by atoms with van der Waals surface area (Å²) in [6.45, 7) is 4.43. The minimum atomic E-state index is -0.0494. The zero-order valence-corrected chi connectivity index (χ0v) is 13.2. The Bertz CT molecular complexity index is 622. The molecule has 0 unspecified atom stereocenters. The summed E-state index contributed by atoms with van der Waals surface area (Å²) in [5.74, 6) is -0.0494. The van der Waals surface area contributed by atoms with E-state index < -0.39 is 0 Å². The number of rotatable bonds is 6. The third-order valence-electron chi connectivity index (χ3n) is 3.64. The van der Waals surface area contributed by atoms with E-state index in [4.69, 9.17) is 5.73 Å². The number of aromatic nitrogens is 1. The van der Waals surface area contributed by atoms with E-state index in [-0.39, 0.29) is 18.6 Å². The predicted molar refractivity (Wildman–Crippen MR) is 86.5 cm³/mol. The maximum Gasteiger partial charge on any atom is 0.254 e. The molecule has 3 N–H and O–H groups in total. The molecular formula is C15H21N3O2S. The average Bonchev–Trinajstić information content (AvgIpc) is 2.85. The van der Waals surface area contributed by atoms with Crippen molar-refractivity contribution in [3.63, 3.8) is 0 Å². The summed E-state index contributed by atoms with van der Waals surface area (Å²) in [5, 5.41) is 9.73. The van der Waals surface area contributed by atoms with Crippen molar-refractivity contribution in [2.24, 2.45) is 0 Å². The second-order valence-electron chi connectivity index (χ2n) is 4.93. The minimum absolute atomic E-state index is 0.0298. The molecule has 0 spiro atoms. The first-order chi connectivity index (χ1) is 10.1. The van der Waals surface area contributed by atoms with Crippen molar-refractivity contribution in [2.45, 2.75) is 32.7 Å². The molecule has 5 nitrogen and oxygen atoms in total. The van der Waals surface area contributed by atoms with Crippen LogP contribution in [0.2, 0.25) is 0 Å². The minimum Gasteiger partial charge on any atom is -0.395 e. The monoisotopic (exact) mass is 307 g/mol. The molecule has 1 amide bonds. The fourth-order valence-electron chi connectivity index (χ4n) is 2.53. The van der Waals surface area contributed by atoms with Crippen LogP contribution in [-0.4, -0.2) is 40.1 Å². The van der Waals surface area contributed by atoms with E-state index in [1.165, 1.54) is 11.3 Å². The highest BCUT2D eigenvalue weighted by atomic mass is 32.1. The SMILES string of the molecule is CCC(CC)N(CCO)C(=O)c1ccc2nc(N)sc2c1. The zero-order chi connectivity index (χ0) is 15.4. The van der Waals surface area contributed by atoms with Crippen molar-refractivity contribution in [1.82, 2.24) is 9.88 Å². The van der Waals surface area contributed by atoms with Crippen molar-refractivity contribution in [3.8, 4) is 0 Å². The van der Waals surface area contributed by atoms with Crippen molar-refractivity contribution in [1.29, 1.82) is 0 Å². The average molecular weight is 307 g/mol. The molecule has 0 fully saturated rings. The Morgan fingerprint density at radius 2 is 2.14 bits per heavy atom. The first kappa shape index (κ1) is 15.7. The van der Waals surface area contributed by atoms with Crippen molar-refractivity contribution in [3.05, 3.63) is 23.8 Å². The Morgan fingerprint density at radius 3 is 2.76 bits per heavy atom. The van der Waals surface area contributed by atoms with Gasteiger partial charge in [-0.1, -0.05) is 25.2 Å². The lowest BCUT2D eigenvalue weighted by Gasteiger charge is -2.30. The number of nitrogens with zero attached hydrogens (tertiary/aromatic N) is 2. The summed E-state index contributed by atoms with van der Waals surface area (Å²) in [6.07, 6.45) is 1.75. The number of thiazole rings is 1. The number of carbonyl (C=O) groups excluding carboxylic acids is 1. The number of amides is 1. The maximum atomic E-state index is 12.7. The van der Waals surface area contributed by atoms with Gasteiger partial charge in [0, 0.05) is 18.2 Å². The molecule has 0 aliphatic rings. The summed E-state index contributed by atoms with van der Waals surface area (Å²) >= 11 is 1.38. The third-order valence-corrected chi connectivity index (χ3v) is 4.48. The van der Waals surface area contributed by atoms with Crippen LogP contribution in [0.15, 0.2) is 18.2 Å². The topological polar surface area (TPSA) is 79.5 Å². The number of nitrogens with two attached hydrogens (primary N) is 1. The fourth-order valence-corrected chi connectivity index (χ4v) is 3.30. The van der Waals surface area contributed by atoms with E-state index in [0.717, 1.165) is 23.1 Å². The number of anilines is 1. The molecule has 21 heavy (non-hydrogen) atoms. The molecule has 0 radical (unpaired) electrons. The van der Waals surface area contributed by atoms with Gasteiger partial charge in [0.25, 0.3) is 5.91 Å². The van der Waals surface area contributed by atoms with Gasteiger partial charge in [-0.05, 0) is 31.0 Å². The Labute approximate surface area is 128 Å². The van der Waals surface area contributed by atoms with E-state index in [0.29, 0.717) is 17.2 Å². The molecule has 1 heterocycles. The van der Waals surface area contributed by atoms with E-state index in [1.54, 1.807) is 11.0 Å². The molecular weight excluding hydrogens is 286 g/mol. The van der Waals surface area contributed by atoms with Gasteiger partial charge in [-0.3, -0.25) is 4.79 Å². The molecule has 2 rings (SSSR count). The van der Waals surface area contributed by atoms with E-state index in [9.17, 15) is 9.90 Å². The van der Waals surface area contributed by atoms with Gasteiger partial charge in [0.2, 0.25) is 0 Å². The normalized spacial score (nSPS) is 11.2. The number of hydrogen-bond acceptors (Lipinski definition) is 5. The number of carbonyl (C=O) groups is 1. The number of aliphatic hydroxyl groups is 1. The molecule has 0 aliphatic carbocycles. The summed E-state index contributed by atoms with van der Waals surface area (Å²) < 4.78 is 0.909. The Morgan fingerprint density at radius 1 is 1.43 bits per heavy atom. The van der Waals surface area contributed by atoms with Crippen molar-refractivity contribution >= 4 is 32.6 Å². The number of fused-ring (bicyclic) bond motifs is 1. The lowest BCUT2D eigenvalue weighted by molar-refractivity contribution is 0.0622. The molecule has 0 saturated carbocycles. The van der Waals surface area contributed by atoms with Crippen molar-refractivity contribution in [2.75, 3.05) is 18.9 Å². The first-order valence-corrected chi connectivity index (χ1v) is 8.00. The highest BCUT2D eigenvalue weighted by Gasteiger charge is 2.22. The molecule has 1 aromatic carbocycles. The highest BCUT2D eigenvalue weighted by Crippen LogP contribution is 2.25. The largest absolute Gasteiger partial charge is 0.395 e. The molecule has 0 bridgehead atoms. The van der Waals surface area contributed by atoms with Gasteiger partial charge < -0.3 is 15.7 Å². The standard InChI is InChI=1S/C15H21N3O2S/c1-3-11(4-2)18(7-8-19)14(20)10-5-6-12-13(9-10)21-15(16)17-12/h5-6,9,11,19H,3-4,7-8H2,1-2H3,(H2,16,17). The molecule has 0 atom stereocenters. The lowest BCUT2D eigenvalue weighted by atomic mass is 10.1. The van der Waals surface area contributed by atoms with E-state index in [1.807, 2.05) is 12.1 Å². The van der Waals surface area contributed by atoms with Crippen LogP contribution in [0.3, 0.4) is 0 Å². The summed E-state index contributed by atoms with van der Waals surface area (Å²) in [6, 6.07) is 5.57. The fraction of sp³-hybridized carbons (Fsp3) is 0.467. The van der Waals surface area contributed by atoms with Gasteiger partial charge in [-0.25, -0.2) is 4.98 Å². The Kier molecular flexibility index (Phi) is 5.14. The van der Waals surface area contributed by atoms with Crippen LogP contribution in [0, 0.1) is 0 Å². The number of aliphatic hydroxyl groups excluding tert-OH is 1. The smallest absolute Gasteiger partial charge is 0.254 e. The van der Waals surface area contributed by atoms with Gasteiger partial charge in [0.15, 0.2) is 5.13 Å². The second-order valence-corrected chi connectivity index (χ2v) is 5.99. The van der Waals surface area contributed by atoms with Gasteiger partial charge in [-0.2, -0.15) is 0 Å². The molecule has 1 aromatic heterocycles. The summed E-state index contributed by atoms with van der Waals surface area (Å²) in [7, 11) is 0. The zero-order valence-electron chi connectivity index (χ0n) is 12.4. The summed E-state index contributed by atoms with van der Waals surface area (Å²) in [5.41, 5.74) is 7.12. The van der Waals surface area contributed by atoms with Crippen LogP contribution < -0.4 is 5.73 Å². The predicted octanol–water partition coefficient (Wildman–Crippen LogP) is 2.50. The molecule has 114 valence electrons. The van der Waals surface area contributed by atoms with E-state index in [2.05, 4.69) is 18.8 Å². The van der Waals surface area contributed by atoms with Crippen LogP contribution in [0.25, 0.3) is 10.2 Å². The van der Waals surface area contributed by atoms with Gasteiger partial charge >= 0.3 is 0 Å². The van der Waals surface area contributed by atoms with Crippen LogP contribution in [-0.2, 0) is 0 Å². The molecule has 2 aromatic rings. The number of benzene rings is 1. The molecule has 0 saturated heterocycles. The lowest BCUT2D eigenvalue weighted by Crippen LogP contribution is -2.41. The van der Waals surface area contributed by atoms with Crippen LogP contribution in [0.1, 0.15) is 37.0 Å². The maximum absolute atomic E-state index is 12.7. The van der Waals surface area contributed by atoms with Crippen LogP contribution >= 0.6 is 11.3 Å². The first-order valence-electron chi connectivity index (χ1n) is 7.18. The Hall–Kier alpha value is -1.66. The van der Waals surface area contributed by atoms with Crippen molar-refractivity contribution < 1.29 is 9.90 Å². The van der Waals surface area contributed by atoms with Gasteiger partial charge in [0.1, 0.15) is 0 Å². The molecule has 6 heteroatoms. The van der Waals surface area contributed by atoms with Crippen LogP contribution in [0.5, 0.6) is 0 Å². The third kappa shape index (κ3) is 3.33. The number of nitrogen functional groups attached to an aromatic ring is 1. The summed E-state index contributed by atoms with van der Waals surface area (Å²) in [4.78, 5) is 18.7. The molecule has 0 aliphatic heterocycles. The van der Waals surface area contributed by atoms with Crippen LogP contribution in [0.4, 0.5) is 5.13 Å². The Balaban J connectivity index is 2.32. The second kappa shape index (κ2) is 6.87. The van der Waals surface area contributed by atoms with Gasteiger partial charge in [-0.15, -0.1) is 0 Å². The number of hydrogen-bond donors (Lipinski definition) is 2. The highest BCUT2D eigenvalue weighted by molar-refractivity contribution is 7.22. The quantitative estimate of drug-likeness (QED) is 0.859. The van der Waals surface area contributed by atoms with Gasteiger partial charge in [0.05, 0.1) is 16.8 Å². The van der Waals surface area contributed by atoms with E-state index >= 15 is 0 Å².